The van der Waals surface area contributed by atoms with Gasteiger partial charge in [0.25, 0.3) is 0 Å². The van der Waals surface area contributed by atoms with E-state index in [1.807, 2.05) is 42.5 Å². The van der Waals surface area contributed by atoms with Gasteiger partial charge in [-0.05, 0) is 48.9 Å². The number of para-hydroxylation sites is 1. The molecule has 1 aliphatic heterocycles. The number of fused-ring (bicyclic) bond motifs is 1. The fourth-order valence-electron chi connectivity index (χ4n) is 3.04. The van der Waals surface area contributed by atoms with Gasteiger partial charge in [-0.2, -0.15) is 0 Å². The van der Waals surface area contributed by atoms with Crippen LogP contribution in [0.25, 0.3) is 0 Å². The van der Waals surface area contributed by atoms with Crippen LogP contribution in [0.5, 0.6) is 5.75 Å². The Morgan fingerprint density at radius 2 is 2.18 bits per heavy atom. The maximum absolute atomic E-state index is 10.3. The van der Waals surface area contributed by atoms with Gasteiger partial charge in [-0.15, -0.1) is 11.3 Å². The first-order chi connectivity index (χ1) is 10.6. The molecule has 0 radical (unpaired) electrons. The van der Waals surface area contributed by atoms with Crippen LogP contribution in [0.4, 0.5) is 0 Å². The second-order valence-corrected chi connectivity index (χ2v) is 6.95. The van der Waals surface area contributed by atoms with Crippen LogP contribution in [0.2, 0.25) is 0 Å². The minimum Gasteiger partial charge on any atom is -0.491 e. The van der Waals surface area contributed by atoms with Gasteiger partial charge in [0.1, 0.15) is 18.5 Å². The molecule has 0 saturated carbocycles. The first kappa shape index (κ1) is 15.5. The number of aryl methyl sites for hydroxylation is 1. The van der Waals surface area contributed by atoms with Crippen molar-refractivity contribution in [3.8, 4) is 5.75 Å². The number of nitrogens with zero attached hydrogens (tertiary/aromatic N) is 1. The molecule has 0 unspecified atom stereocenters. The molecule has 3 rings (SSSR count). The lowest BCUT2D eigenvalue weighted by molar-refractivity contribution is 0.0520. The molecule has 22 heavy (non-hydrogen) atoms. The van der Waals surface area contributed by atoms with Crippen molar-refractivity contribution in [1.82, 2.24) is 4.90 Å². The number of thiophene rings is 1. The fourth-order valence-corrected chi connectivity index (χ4v) is 4.00. The van der Waals surface area contributed by atoms with E-state index in [1.54, 1.807) is 0 Å². The Labute approximate surface area is 136 Å². The molecule has 118 valence electrons. The molecule has 1 aromatic carbocycles. The number of aliphatic hydroxyl groups excluding tert-OH is 1. The summed E-state index contributed by atoms with van der Waals surface area (Å²) < 4.78 is 5.76. The van der Waals surface area contributed by atoms with Crippen LogP contribution >= 0.6 is 11.3 Å². The molecule has 3 nitrogen and oxygen atoms in total. The maximum atomic E-state index is 10.3. The molecule has 1 N–H and O–H groups in total. The zero-order valence-electron chi connectivity index (χ0n) is 13.2. The Bertz CT molecular complexity index is 625. The minimum atomic E-state index is -0.470. The predicted molar refractivity (Wildman–Crippen MR) is 90.7 cm³/mol. The van der Waals surface area contributed by atoms with Crippen molar-refractivity contribution in [1.29, 1.82) is 0 Å². The number of ether oxygens (including phenoxy) is 1. The summed E-state index contributed by atoms with van der Waals surface area (Å²) >= 11 is 1.85. The summed E-state index contributed by atoms with van der Waals surface area (Å²) in [5.74, 6) is 0.855. The minimum absolute atomic E-state index is 0.338. The number of benzene rings is 1. The maximum Gasteiger partial charge on any atom is 0.122 e. The van der Waals surface area contributed by atoms with E-state index in [4.69, 9.17) is 4.74 Å². The average Bonchev–Trinajstić information content (AvgIpc) is 2.99. The van der Waals surface area contributed by atoms with E-state index < -0.39 is 6.10 Å². The van der Waals surface area contributed by atoms with Gasteiger partial charge in [0.05, 0.1) is 0 Å². The molecule has 0 saturated heterocycles. The van der Waals surface area contributed by atoms with E-state index in [9.17, 15) is 5.11 Å². The van der Waals surface area contributed by atoms with Crippen LogP contribution in [0.1, 0.15) is 29.0 Å². The third-order valence-corrected chi connectivity index (χ3v) is 5.37. The third-order valence-electron chi connectivity index (χ3n) is 4.37. The number of hydrogen-bond donors (Lipinski definition) is 1. The molecule has 2 atom stereocenters. The van der Waals surface area contributed by atoms with Crippen LogP contribution in [0, 0.1) is 6.92 Å². The molecule has 0 aliphatic carbocycles. The molecule has 1 aliphatic rings. The van der Waals surface area contributed by atoms with E-state index >= 15 is 0 Å². The normalized spacial score (nSPS) is 19.7. The summed E-state index contributed by atoms with van der Waals surface area (Å²) in [5.41, 5.74) is 2.52. The second-order valence-electron chi connectivity index (χ2n) is 5.95. The third kappa shape index (κ3) is 3.35. The topological polar surface area (TPSA) is 32.7 Å². The SMILES string of the molecule is Cc1ccccc1OC[C@@H](O)CN1CCc2sccc2[C@@H]1C. The van der Waals surface area contributed by atoms with Crippen molar-refractivity contribution in [2.75, 3.05) is 19.7 Å². The van der Waals surface area contributed by atoms with Gasteiger partial charge >= 0.3 is 0 Å². The molecule has 1 aromatic heterocycles. The summed E-state index contributed by atoms with van der Waals surface area (Å²) in [6, 6.07) is 10.5. The van der Waals surface area contributed by atoms with Gasteiger partial charge in [0.2, 0.25) is 0 Å². The Kier molecular flexibility index (Phi) is 4.81. The highest BCUT2D eigenvalue weighted by Crippen LogP contribution is 2.32. The summed E-state index contributed by atoms with van der Waals surface area (Å²) in [6.07, 6.45) is 0.616. The molecular weight excluding hydrogens is 294 g/mol. The average molecular weight is 317 g/mol. The lowest BCUT2D eigenvalue weighted by Crippen LogP contribution is -2.40. The van der Waals surface area contributed by atoms with E-state index in [0.29, 0.717) is 19.2 Å². The first-order valence-electron chi connectivity index (χ1n) is 7.82. The zero-order chi connectivity index (χ0) is 15.5. The van der Waals surface area contributed by atoms with Crippen LogP contribution in [-0.4, -0.2) is 35.8 Å². The van der Waals surface area contributed by atoms with Gasteiger partial charge in [0, 0.05) is 24.0 Å². The van der Waals surface area contributed by atoms with Gasteiger partial charge in [-0.1, -0.05) is 18.2 Å². The largest absolute Gasteiger partial charge is 0.491 e. The number of β-amino-alcohol motifs (C(OH)–C–C–N with tert-alkyl or cyclic N) is 1. The summed E-state index contributed by atoms with van der Waals surface area (Å²) in [4.78, 5) is 3.84. The van der Waals surface area contributed by atoms with Crippen LogP contribution in [-0.2, 0) is 6.42 Å². The Balaban J connectivity index is 1.54. The Morgan fingerprint density at radius 1 is 1.36 bits per heavy atom. The molecule has 4 heteroatoms. The predicted octanol–water partition coefficient (Wildman–Crippen LogP) is 3.42. The van der Waals surface area contributed by atoms with Crippen molar-refractivity contribution in [3.63, 3.8) is 0 Å². The van der Waals surface area contributed by atoms with Gasteiger partial charge in [-0.3, -0.25) is 4.90 Å². The summed E-state index contributed by atoms with van der Waals surface area (Å²) in [7, 11) is 0. The van der Waals surface area contributed by atoms with Crippen LogP contribution in [0.15, 0.2) is 35.7 Å². The van der Waals surface area contributed by atoms with Gasteiger partial charge < -0.3 is 9.84 Å². The molecule has 0 amide bonds. The lowest BCUT2D eigenvalue weighted by Gasteiger charge is -2.34. The van der Waals surface area contributed by atoms with Crippen molar-refractivity contribution in [2.45, 2.75) is 32.4 Å². The number of aliphatic hydroxyl groups is 1. The van der Waals surface area contributed by atoms with E-state index in [0.717, 1.165) is 24.3 Å². The lowest BCUT2D eigenvalue weighted by atomic mass is 10.0. The smallest absolute Gasteiger partial charge is 0.122 e. The Hall–Kier alpha value is -1.36. The van der Waals surface area contributed by atoms with Crippen molar-refractivity contribution >= 4 is 11.3 Å². The number of hydrogen-bond acceptors (Lipinski definition) is 4. The summed E-state index contributed by atoms with van der Waals surface area (Å²) in [6.45, 7) is 6.25. The molecule has 2 aromatic rings. The quantitative estimate of drug-likeness (QED) is 0.917. The molecular formula is C18H23NO2S. The highest BCUT2D eigenvalue weighted by Gasteiger charge is 2.26. The monoisotopic (exact) mass is 317 g/mol. The van der Waals surface area contributed by atoms with E-state index in [2.05, 4.69) is 23.3 Å². The first-order valence-corrected chi connectivity index (χ1v) is 8.70. The molecule has 2 heterocycles. The van der Waals surface area contributed by atoms with Gasteiger partial charge in [-0.25, -0.2) is 0 Å². The molecule has 0 bridgehead atoms. The second kappa shape index (κ2) is 6.82. The number of rotatable bonds is 5. The summed E-state index contributed by atoms with van der Waals surface area (Å²) in [5, 5.41) is 12.5. The highest BCUT2D eigenvalue weighted by molar-refractivity contribution is 7.10. The fraction of sp³-hybridized carbons (Fsp3) is 0.444. The van der Waals surface area contributed by atoms with Crippen LogP contribution < -0.4 is 4.74 Å². The highest BCUT2D eigenvalue weighted by atomic mass is 32.1. The Morgan fingerprint density at radius 3 is 3.00 bits per heavy atom. The van der Waals surface area contributed by atoms with Gasteiger partial charge in [0.15, 0.2) is 0 Å². The van der Waals surface area contributed by atoms with Crippen molar-refractivity contribution < 1.29 is 9.84 Å². The van der Waals surface area contributed by atoms with Crippen molar-refractivity contribution in [2.24, 2.45) is 0 Å². The van der Waals surface area contributed by atoms with Crippen LogP contribution in [0.3, 0.4) is 0 Å². The molecule has 0 fully saturated rings. The van der Waals surface area contributed by atoms with Crippen molar-refractivity contribution in [3.05, 3.63) is 51.7 Å². The van der Waals surface area contributed by atoms with E-state index in [-0.39, 0.29) is 0 Å². The molecule has 0 spiro atoms. The zero-order valence-corrected chi connectivity index (χ0v) is 14.0. The van der Waals surface area contributed by atoms with E-state index in [1.165, 1.54) is 10.4 Å². The standard InChI is InChI=1S/C18H23NO2S/c1-13-5-3-4-6-17(13)21-12-15(20)11-19-9-7-18-16(14(19)2)8-10-22-18/h3-6,8,10,14-15,20H,7,9,11-12H2,1-2H3/t14-,15-/m0/s1.